The van der Waals surface area contributed by atoms with E-state index in [1.165, 1.54) is 12.3 Å². The molecule has 43 heavy (non-hydrogen) atoms. The number of nitrogens with one attached hydrogen (secondary N) is 1. The number of rotatable bonds is 7. The van der Waals surface area contributed by atoms with Gasteiger partial charge in [-0.15, -0.1) is 0 Å². The molecule has 2 saturated heterocycles. The lowest BCUT2D eigenvalue weighted by molar-refractivity contribution is -0.384. The lowest BCUT2D eigenvalue weighted by Gasteiger charge is -2.45. The molecule has 11 heteroatoms. The van der Waals surface area contributed by atoms with E-state index in [-0.39, 0.29) is 16.7 Å². The molecule has 1 amide bonds. The third-order valence-corrected chi connectivity index (χ3v) is 8.64. The Bertz CT molecular complexity index is 1600. The second-order valence-electron chi connectivity index (χ2n) is 10.9. The molecule has 0 radical (unpaired) electrons. The molecule has 0 saturated carbocycles. The van der Waals surface area contributed by atoms with Gasteiger partial charge in [0.15, 0.2) is 0 Å². The molecule has 2 aliphatic heterocycles. The summed E-state index contributed by atoms with van der Waals surface area (Å²) < 4.78 is 7.22. The molecule has 3 aromatic carbocycles. The number of carbonyl (C=O) groups is 1. The zero-order valence-corrected chi connectivity index (χ0v) is 24.6. The number of ether oxygens (including phenoxy) is 1. The van der Waals surface area contributed by atoms with Crippen LogP contribution in [0.25, 0.3) is 5.69 Å². The van der Waals surface area contributed by atoms with Gasteiger partial charge in [0.25, 0.3) is 11.6 Å². The molecule has 0 spiro atoms. The van der Waals surface area contributed by atoms with Gasteiger partial charge in [-0.3, -0.25) is 19.8 Å². The lowest BCUT2D eigenvalue weighted by Crippen LogP contribution is -2.50. The summed E-state index contributed by atoms with van der Waals surface area (Å²) in [6.07, 6.45) is 3.25. The summed E-state index contributed by atoms with van der Waals surface area (Å²) >= 11 is 6.01. The van der Waals surface area contributed by atoms with Crippen LogP contribution in [0.15, 0.2) is 79.0 Å². The molecule has 3 heterocycles. The number of nitro groups is 1. The molecule has 222 valence electrons. The van der Waals surface area contributed by atoms with E-state index in [1.807, 2.05) is 30.3 Å². The minimum Gasteiger partial charge on any atom is -0.379 e. The van der Waals surface area contributed by atoms with Crippen molar-refractivity contribution in [2.45, 2.75) is 31.8 Å². The Morgan fingerprint density at radius 3 is 2.51 bits per heavy atom. The van der Waals surface area contributed by atoms with Gasteiger partial charge in [-0.25, -0.2) is 4.68 Å². The van der Waals surface area contributed by atoms with E-state index in [2.05, 4.69) is 32.3 Å². The normalized spacial score (nSPS) is 19.3. The zero-order valence-electron chi connectivity index (χ0n) is 23.9. The van der Waals surface area contributed by atoms with E-state index < -0.39 is 5.91 Å². The standard InChI is InChI=1S/C32H33ClN6O4/c1-22-28(21-34-38(22)26-10-7-24(33)8-11-26)32(40)35-25-9-12-29(31(19-25)39(41)42)37-14-13-27(36-15-17-43-18-16-36)20-30(37)23-5-3-2-4-6-23/h2-12,19,21,27,30H,13-18,20H2,1H3,(H,35,40). The van der Waals surface area contributed by atoms with Crippen molar-refractivity contribution in [3.05, 3.63) is 111 Å². The van der Waals surface area contributed by atoms with Crippen molar-refractivity contribution in [2.24, 2.45) is 0 Å². The number of hydrogen-bond donors (Lipinski definition) is 1. The zero-order chi connectivity index (χ0) is 29.9. The van der Waals surface area contributed by atoms with Crippen LogP contribution < -0.4 is 10.2 Å². The summed E-state index contributed by atoms with van der Waals surface area (Å²) in [7, 11) is 0. The summed E-state index contributed by atoms with van der Waals surface area (Å²) in [5, 5.41) is 20.2. The van der Waals surface area contributed by atoms with Gasteiger partial charge in [-0.05, 0) is 61.7 Å². The predicted molar refractivity (Wildman–Crippen MR) is 166 cm³/mol. The number of amides is 1. The number of morpholine rings is 1. The Hall–Kier alpha value is -4.25. The van der Waals surface area contributed by atoms with Gasteiger partial charge in [0.05, 0.1) is 47.3 Å². The van der Waals surface area contributed by atoms with Crippen LogP contribution in [0.1, 0.15) is 40.5 Å². The first-order chi connectivity index (χ1) is 20.9. The van der Waals surface area contributed by atoms with Crippen LogP contribution in [-0.4, -0.2) is 64.4 Å². The topological polar surface area (TPSA) is 106 Å². The van der Waals surface area contributed by atoms with Gasteiger partial charge in [0.1, 0.15) is 5.69 Å². The van der Waals surface area contributed by atoms with E-state index >= 15 is 0 Å². The Balaban J connectivity index is 1.25. The summed E-state index contributed by atoms with van der Waals surface area (Å²) in [6.45, 7) is 5.74. The molecule has 4 aromatic rings. The van der Waals surface area contributed by atoms with Crippen LogP contribution in [0, 0.1) is 17.0 Å². The number of nitrogens with zero attached hydrogens (tertiary/aromatic N) is 5. The second kappa shape index (κ2) is 12.5. The van der Waals surface area contributed by atoms with Gasteiger partial charge in [-0.1, -0.05) is 41.9 Å². The molecule has 1 N–H and O–H groups in total. The maximum absolute atomic E-state index is 13.2. The molecule has 1 aromatic heterocycles. The lowest BCUT2D eigenvalue weighted by atomic mass is 9.90. The molecule has 2 atom stereocenters. The number of aromatic nitrogens is 2. The quantitative estimate of drug-likeness (QED) is 0.204. The minimum atomic E-state index is -0.395. The van der Waals surface area contributed by atoms with Crippen molar-refractivity contribution in [3.63, 3.8) is 0 Å². The van der Waals surface area contributed by atoms with Crippen molar-refractivity contribution in [3.8, 4) is 5.69 Å². The number of benzene rings is 3. The maximum atomic E-state index is 13.2. The largest absolute Gasteiger partial charge is 0.379 e. The number of hydrogen-bond acceptors (Lipinski definition) is 7. The first-order valence-corrected chi connectivity index (χ1v) is 14.8. The molecule has 2 aliphatic rings. The predicted octanol–water partition coefficient (Wildman–Crippen LogP) is 6.04. The third kappa shape index (κ3) is 6.13. The second-order valence-corrected chi connectivity index (χ2v) is 11.3. The van der Waals surface area contributed by atoms with E-state index in [1.54, 1.807) is 35.9 Å². The van der Waals surface area contributed by atoms with Crippen LogP contribution in [-0.2, 0) is 4.74 Å². The summed E-state index contributed by atoms with van der Waals surface area (Å²) in [4.78, 5) is 29.9. The Labute approximate surface area is 255 Å². The molecular weight excluding hydrogens is 568 g/mol. The van der Waals surface area contributed by atoms with Crippen molar-refractivity contribution in [2.75, 3.05) is 43.1 Å². The van der Waals surface area contributed by atoms with Crippen LogP contribution in [0.2, 0.25) is 5.02 Å². The van der Waals surface area contributed by atoms with Crippen molar-refractivity contribution < 1.29 is 14.5 Å². The minimum absolute atomic E-state index is 0.0247. The highest BCUT2D eigenvalue weighted by atomic mass is 35.5. The number of nitro benzene ring substituents is 1. The van der Waals surface area contributed by atoms with Crippen molar-refractivity contribution in [1.82, 2.24) is 14.7 Å². The smallest absolute Gasteiger partial charge is 0.294 e. The molecular formula is C32H33ClN6O4. The highest BCUT2D eigenvalue weighted by molar-refractivity contribution is 6.30. The van der Waals surface area contributed by atoms with Crippen LogP contribution >= 0.6 is 11.6 Å². The Morgan fingerprint density at radius 1 is 1.05 bits per heavy atom. The molecule has 0 aliphatic carbocycles. The van der Waals surface area contributed by atoms with E-state index in [0.29, 0.717) is 40.2 Å². The molecule has 2 fully saturated rings. The fourth-order valence-electron chi connectivity index (χ4n) is 6.16. The Kier molecular flexibility index (Phi) is 8.42. The van der Waals surface area contributed by atoms with Crippen LogP contribution in [0.3, 0.4) is 0 Å². The van der Waals surface area contributed by atoms with Crippen molar-refractivity contribution >= 4 is 34.6 Å². The van der Waals surface area contributed by atoms with Crippen LogP contribution in [0.5, 0.6) is 0 Å². The third-order valence-electron chi connectivity index (χ3n) is 8.39. The number of halogens is 1. The number of carbonyl (C=O) groups excluding carboxylic acids is 1. The highest BCUT2D eigenvalue weighted by Gasteiger charge is 2.36. The first-order valence-electron chi connectivity index (χ1n) is 14.4. The van der Waals surface area contributed by atoms with Gasteiger partial charge in [0.2, 0.25) is 0 Å². The van der Waals surface area contributed by atoms with Gasteiger partial charge in [0, 0.05) is 42.5 Å². The molecule has 2 unspecified atom stereocenters. The van der Waals surface area contributed by atoms with Crippen molar-refractivity contribution in [1.29, 1.82) is 0 Å². The molecule has 6 rings (SSSR count). The first kappa shape index (κ1) is 28.9. The molecule has 0 bridgehead atoms. The fourth-order valence-corrected chi connectivity index (χ4v) is 6.29. The summed E-state index contributed by atoms with van der Waals surface area (Å²) in [5.74, 6) is -0.395. The van der Waals surface area contributed by atoms with Gasteiger partial charge < -0.3 is 15.0 Å². The van der Waals surface area contributed by atoms with Gasteiger partial charge >= 0.3 is 0 Å². The van der Waals surface area contributed by atoms with Gasteiger partial charge in [-0.2, -0.15) is 5.10 Å². The Morgan fingerprint density at radius 2 is 1.79 bits per heavy atom. The van der Waals surface area contributed by atoms with E-state index in [4.69, 9.17) is 16.3 Å². The maximum Gasteiger partial charge on any atom is 0.294 e. The van der Waals surface area contributed by atoms with E-state index in [0.717, 1.165) is 50.4 Å². The fraction of sp³-hybridized carbons (Fsp3) is 0.312. The number of anilines is 2. The monoisotopic (exact) mass is 600 g/mol. The SMILES string of the molecule is Cc1c(C(=O)Nc2ccc(N3CCC(N4CCOCC4)CC3c3ccccc3)c([N+](=O)[O-])c2)cnn1-c1ccc(Cl)cc1. The number of piperidine rings is 1. The summed E-state index contributed by atoms with van der Waals surface area (Å²) in [5.41, 5.74) is 3.75. The molecule has 10 nitrogen and oxygen atoms in total. The summed E-state index contributed by atoms with van der Waals surface area (Å²) in [6, 6.07) is 22.6. The average molecular weight is 601 g/mol. The van der Waals surface area contributed by atoms with E-state index in [9.17, 15) is 14.9 Å². The highest BCUT2D eigenvalue weighted by Crippen LogP contribution is 2.41. The van der Waals surface area contributed by atoms with Crippen LogP contribution in [0.4, 0.5) is 17.1 Å². The average Bonchev–Trinajstić information content (AvgIpc) is 3.43.